The van der Waals surface area contributed by atoms with Crippen LogP contribution in [-0.2, 0) is 4.74 Å². The van der Waals surface area contributed by atoms with Crippen LogP contribution in [0.1, 0.15) is 17.3 Å². The number of carbonyl (C=O) groups is 1. The summed E-state index contributed by atoms with van der Waals surface area (Å²) in [5.74, 6) is -0.364. The molecule has 0 spiro atoms. The molecule has 0 saturated carbocycles. The van der Waals surface area contributed by atoms with Gasteiger partial charge >= 0.3 is 5.97 Å². The van der Waals surface area contributed by atoms with Crippen LogP contribution in [-0.4, -0.2) is 17.6 Å². The maximum Gasteiger partial charge on any atom is 0.340 e. The Morgan fingerprint density at radius 2 is 2.18 bits per heavy atom. The van der Waals surface area contributed by atoms with Crippen molar-refractivity contribution in [1.82, 2.24) is 4.98 Å². The fourth-order valence-corrected chi connectivity index (χ4v) is 2.43. The molecule has 0 aliphatic rings. The first-order valence-electron chi connectivity index (χ1n) is 5.04. The highest BCUT2D eigenvalue weighted by atomic mass is 79.9. The minimum absolute atomic E-state index is 0.351. The van der Waals surface area contributed by atoms with Gasteiger partial charge in [0.15, 0.2) is 0 Å². The molecule has 0 fully saturated rings. The SMILES string of the molecule is CCOC(=O)c1cnc2cc(Br)ccc2c1Br. The van der Waals surface area contributed by atoms with Gasteiger partial charge in [0.25, 0.3) is 0 Å². The summed E-state index contributed by atoms with van der Waals surface area (Å²) < 4.78 is 6.63. The number of pyridine rings is 1. The third kappa shape index (κ3) is 2.50. The Morgan fingerprint density at radius 1 is 1.41 bits per heavy atom. The maximum absolute atomic E-state index is 11.7. The van der Waals surface area contributed by atoms with Gasteiger partial charge in [-0.2, -0.15) is 0 Å². The molecule has 0 aliphatic heterocycles. The van der Waals surface area contributed by atoms with Crippen molar-refractivity contribution in [2.45, 2.75) is 6.92 Å². The average Bonchev–Trinajstić information content (AvgIpc) is 2.29. The zero-order valence-electron chi connectivity index (χ0n) is 9.04. The van der Waals surface area contributed by atoms with E-state index in [1.54, 1.807) is 6.92 Å². The Balaban J connectivity index is 2.58. The average molecular weight is 359 g/mol. The van der Waals surface area contributed by atoms with Crippen LogP contribution in [0.3, 0.4) is 0 Å². The van der Waals surface area contributed by atoms with E-state index in [1.165, 1.54) is 6.20 Å². The first kappa shape index (κ1) is 12.5. The Hall–Kier alpha value is -0.940. The minimum atomic E-state index is -0.364. The Kier molecular flexibility index (Phi) is 3.79. The highest BCUT2D eigenvalue weighted by Gasteiger charge is 2.14. The largest absolute Gasteiger partial charge is 0.462 e. The van der Waals surface area contributed by atoms with Gasteiger partial charge in [-0.15, -0.1) is 0 Å². The third-order valence-electron chi connectivity index (χ3n) is 2.26. The number of rotatable bonds is 2. The van der Waals surface area contributed by atoms with Crippen LogP contribution in [0.25, 0.3) is 10.9 Å². The smallest absolute Gasteiger partial charge is 0.340 e. The van der Waals surface area contributed by atoms with Gasteiger partial charge in [-0.3, -0.25) is 4.98 Å². The molecule has 1 heterocycles. The molecule has 1 aromatic carbocycles. The van der Waals surface area contributed by atoms with Gasteiger partial charge in [0.2, 0.25) is 0 Å². The van der Waals surface area contributed by atoms with Crippen molar-refractivity contribution in [3.8, 4) is 0 Å². The fraction of sp³-hybridized carbons (Fsp3) is 0.167. The molecule has 2 aromatic rings. The zero-order chi connectivity index (χ0) is 12.4. The summed E-state index contributed by atoms with van der Waals surface area (Å²) in [4.78, 5) is 15.9. The van der Waals surface area contributed by atoms with E-state index < -0.39 is 0 Å². The molecule has 17 heavy (non-hydrogen) atoms. The van der Waals surface area contributed by atoms with Crippen LogP contribution in [0.4, 0.5) is 0 Å². The molecule has 1 aromatic heterocycles. The fourth-order valence-electron chi connectivity index (χ4n) is 1.48. The summed E-state index contributed by atoms with van der Waals surface area (Å²) >= 11 is 6.80. The van der Waals surface area contributed by atoms with Crippen LogP contribution >= 0.6 is 31.9 Å². The minimum Gasteiger partial charge on any atom is -0.462 e. The zero-order valence-corrected chi connectivity index (χ0v) is 12.2. The topological polar surface area (TPSA) is 39.2 Å². The Bertz CT molecular complexity index is 584. The van der Waals surface area contributed by atoms with Crippen LogP contribution in [0.5, 0.6) is 0 Å². The summed E-state index contributed by atoms with van der Waals surface area (Å²) in [5.41, 5.74) is 1.26. The van der Waals surface area contributed by atoms with Crippen LogP contribution in [0, 0.1) is 0 Å². The van der Waals surface area contributed by atoms with E-state index in [-0.39, 0.29) is 5.97 Å². The van der Waals surface area contributed by atoms with Crippen LogP contribution < -0.4 is 0 Å². The predicted molar refractivity (Wildman–Crippen MR) is 73.1 cm³/mol. The summed E-state index contributed by atoms with van der Waals surface area (Å²) in [6.45, 7) is 2.13. The van der Waals surface area contributed by atoms with Crippen molar-refractivity contribution in [2.75, 3.05) is 6.61 Å². The second-order valence-electron chi connectivity index (χ2n) is 3.37. The number of esters is 1. The van der Waals surface area contributed by atoms with Gasteiger partial charge in [-0.05, 0) is 35.0 Å². The lowest BCUT2D eigenvalue weighted by atomic mass is 10.1. The summed E-state index contributed by atoms with van der Waals surface area (Å²) in [6, 6.07) is 5.71. The second-order valence-corrected chi connectivity index (χ2v) is 5.08. The lowest BCUT2D eigenvalue weighted by molar-refractivity contribution is 0.0525. The highest BCUT2D eigenvalue weighted by Crippen LogP contribution is 2.28. The van der Waals surface area contributed by atoms with E-state index in [4.69, 9.17) is 4.74 Å². The Morgan fingerprint density at radius 3 is 2.88 bits per heavy atom. The molecular weight excluding hydrogens is 350 g/mol. The molecule has 0 amide bonds. The number of benzene rings is 1. The molecule has 3 nitrogen and oxygen atoms in total. The molecule has 0 bridgehead atoms. The van der Waals surface area contributed by atoms with Crippen molar-refractivity contribution in [3.05, 3.63) is 38.9 Å². The van der Waals surface area contributed by atoms with Crippen molar-refractivity contribution >= 4 is 48.7 Å². The molecule has 0 radical (unpaired) electrons. The normalized spacial score (nSPS) is 10.5. The molecule has 0 aliphatic carbocycles. The molecular formula is C12H9Br2NO2. The Labute approximate surface area is 115 Å². The van der Waals surface area contributed by atoms with E-state index in [0.29, 0.717) is 16.6 Å². The monoisotopic (exact) mass is 357 g/mol. The number of nitrogens with zero attached hydrogens (tertiary/aromatic N) is 1. The number of fused-ring (bicyclic) bond motifs is 1. The summed E-state index contributed by atoms with van der Waals surface area (Å²) in [7, 11) is 0. The lowest BCUT2D eigenvalue weighted by Crippen LogP contribution is -2.06. The highest BCUT2D eigenvalue weighted by molar-refractivity contribution is 9.11. The van der Waals surface area contributed by atoms with Crippen LogP contribution in [0.15, 0.2) is 33.3 Å². The van der Waals surface area contributed by atoms with E-state index in [1.807, 2.05) is 18.2 Å². The molecule has 0 atom stereocenters. The van der Waals surface area contributed by atoms with Crippen molar-refractivity contribution in [2.24, 2.45) is 0 Å². The van der Waals surface area contributed by atoms with Crippen molar-refractivity contribution in [3.63, 3.8) is 0 Å². The number of aromatic nitrogens is 1. The van der Waals surface area contributed by atoms with Gasteiger partial charge < -0.3 is 4.74 Å². The van der Waals surface area contributed by atoms with E-state index >= 15 is 0 Å². The number of hydrogen-bond acceptors (Lipinski definition) is 3. The van der Waals surface area contributed by atoms with Gasteiger partial charge in [-0.25, -0.2) is 4.79 Å². The first-order valence-corrected chi connectivity index (χ1v) is 6.63. The molecule has 88 valence electrons. The maximum atomic E-state index is 11.7. The van der Waals surface area contributed by atoms with Gasteiger partial charge in [0, 0.05) is 20.5 Å². The van der Waals surface area contributed by atoms with E-state index in [2.05, 4.69) is 36.8 Å². The molecule has 0 N–H and O–H groups in total. The molecule has 2 rings (SSSR count). The predicted octanol–water partition coefficient (Wildman–Crippen LogP) is 3.94. The summed E-state index contributed by atoms with van der Waals surface area (Å²) in [6.07, 6.45) is 1.52. The van der Waals surface area contributed by atoms with Gasteiger partial charge in [-0.1, -0.05) is 22.0 Å². The van der Waals surface area contributed by atoms with Crippen molar-refractivity contribution in [1.29, 1.82) is 0 Å². The number of carbonyl (C=O) groups excluding carboxylic acids is 1. The van der Waals surface area contributed by atoms with E-state index in [9.17, 15) is 4.79 Å². The third-order valence-corrected chi connectivity index (χ3v) is 3.61. The molecule has 5 heteroatoms. The quantitative estimate of drug-likeness (QED) is 0.763. The number of halogens is 2. The lowest BCUT2D eigenvalue weighted by Gasteiger charge is -2.06. The van der Waals surface area contributed by atoms with Crippen LogP contribution in [0.2, 0.25) is 0 Å². The molecule has 0 unspecified atom stereocenters. The molecule has 0 saturated heterocycles. The number of hydrogen-bond donors (Lipinski definition) is 0. The second kappa shape index (κ2) is 5.14. The standard InChI is InChI=1S/C12H9Br2NO2/c1-2-17-12(16)9-6-15-10-5-7(13)3-4-8(10)11(9)14/h3-6H,2H2,1H3. The van der Waals surface area contributed by atoms with Crippen molar-refractivity contribution < 1.29 is 9.53 Å². The first-order chi connectivity index (χ1) is 8.13. The van der Waals surface area contributed by atoms with Gasteiger partial charge in [0.05, 0.1) is 17.7 Å². The van der Waals surface area contributed by atoms with Gasteiger partial charge in [0.1, 0.15) is 0 Å². The van der Waals surface area contributed by atoms with E-state index in [0.717, 1.165) is 15.4 Å². The number of ether oxygens (including phenoxy) is 1. The summed E-state index contributed by atoms with van der Waals surface area (Å²) in [5, 5.41) is 0.888.